The van der Waals surface area contributed by atoms with Gasteiger partial charge in [0.25, 0.3) is 0 Å². The first-order valence-corrected chi connectivity index (χ1v) is 3.69. The largest absolute Gasteiger partial charge is 0.0880 e. The maximum atomic E-state index is 2.29. The molecule has 0 aromatic carbocycles. The molecule has 9 heavy (non-hydrogen) atoms. The van der Waals surface area contributed by atoms with Crippen LogP contribution in [-0.2, 0) is 0 Å². The summed E-state index contributed by atoms with van der Waals surface area (Å²) in [5, 5.41) is 0. The molecule has 0 saturated carbocycles. The topological polar surface area (TPSA) is 0 Å². The Hall–Kier alpha value is -0.520. The molecular formula is C9H14. The SMILES string of the molecule is CC1C/C=C\C/C=C\C1. The van der Waals surface area contributed by atoms with Crippen molar-refractivity contribution in [1.29, 1.82) is 0 Å². The molecule has 0 saturated heterocycles. The van der Waals surface area contributed by atoms with Crippen LogP contribution in [0.4, 0.5) is 0 Å². The van der Waals surface area contributed by atoms with Crippen LogP contribution in [-0.4, -0.2) is 0 Å². The van der Waals surface area contributed by atoms with Crippen LogP contribution < -0.4 is 0 Å². The van der Waals surface area contributed by atoms with E-state index in [1.54, 1.807) is 0 Å². The predicted octanol–water partition coefficient (Wildman–Crippen LogP) is 2.92. The van der Waals surface area contributed by atoms with Crippen molar-refractivity contribution in [3.63, 3.8) is 0 Å². The molecule has 1 aliphatic carbocycles. The van der Waals surface area contributed by atoms with E-state index in [-0.39, 0.29) is 0 Å². The predicted molar refractivity (Wildman–Crippen MR) is 41.3 cm³/mol. The third-order valence-corrected chi connectivity index (χ3v) is 1.68. The van der Waals surface area contributed by atoms with Crippen LogP contribution >= 0.6 is 0 Å². The lowest BCUT2D eigenvalue weighted by Crippen LogP contribution is -1.90. The Labute approximate surface area is 57.3 Å². The highest BCUT2D eigenvalue weighted by Crippen LogP contribution is 2.11. The Bertz CT molecular complexity index is 106. The summed E-state index contributed by atoms with van der Waals surface area (Å²) in [7, 11) is 0. The minimum atomic E-state index is 0.845. The third kappa shape index (κ3) is 2.50. The van der Waals surface area contributed by atoms with Crippen LogP contribution in [0, 0.1) is 5.92 Å². The second-order valence-corrected chi connectivity index (χ2v) is 2.76. The highest BCUT2D eigenvalue weighted by Gasteiger charge is 1.96. The fraction of sp³-hybridized carbons (Fsp3) is 0.556. The van der Waals surface area contributed by atoms with E-state index in [0.717, 1.165) is 12.3 Å². The summed E-state index contributed by atoms with van der Waals surface area (Å²) in [6, 6.07) is 0. The summed E-state index contributed by atoms with van der Waals surface area (Å²) in [5.74, 6) is 0.845. The highest BCUT2D eigenvalue weighted by molar-refractivity contribution is 4.97. The van der Waals surface area contributed by atoms with Gasteiger partial charge in [-0.05, 0) is 25.2 Å². The van der Waals surface area contributed by atoms with Crippen molar-refractivity contribution in [3.05, 3.63) is 24.3 Å². The zero-order chi connectivity index (χ0) is 6.53. The number of hydrogen-bond acceptors (Lipinski definition) is 0. The van der Waals surface area contributed by atoms with Crippen molar-refractivity contribution in [3.8, 4) is 0 Å². The molecule has 0 N–H and O–H groups in total. The van der Waals surface area contributed by atoms with Gasteiger partial charge in [-0.1, -0.05) is 31.2 Å². The van der Waals surface area contributed by atoms with E-state index in [9.17, 15) is 0 Å². The summed E-state index contributed by atoms with van der Waals surface area (Å²) in [6.07, 6.45) is 12.7. The smallest absolute Gasteiger partial charge is 0.0169 e. The molecule has 0 heterocycles. The summed E-state index contributed by atoms with van der Waals surface area (Å²) in [4.78, 5) is 0. The Kier molecular flexibility index (Phi) is 2.56. The molecule has 0 fully saturated rings. The summed E-state index contributed by atoms with van der Waals surface area (Å²) >= 11 is 0. The molecule has 50 valence electrons. The molecule has 0 bridgehead atoms. The summed E-state index contributed by atoms with van der Waals surface area (Å²) in [6.45, 7) is 2.29. The third-order valence-electron chi connectivity index (χ3n) is 1.68. The fourth-order valence-electron chi connectivity index (χ4n) is 1.02. The van der Waals surface area contributed by atoms with Gasteiger partial charge < -0.3 is 0 Å². The lowest BCUT2D eigenvalue weighted by Gasteiger charge is -2.05. The standard InChI is InChI=1S/C9H14/c1-9-7-5-3-2-4-6-8-9/h3-6,9H,2,7-8H2,1H3/b5-3-,6-4-. The van der Waals surface area contributed by atoms with Gasteiger partial charge in [0.2, 0.25) is 0 Å². The highest BCUT2D eigenvalue weighted by atomic mass is 14.0. The minimum absolute atomic E-state index is 0.845. The molecule has 0 heteroatoms. The molecule has 0 nitrogen and oxygen atoms in total. The van der Waals surface area contributed by atoms with Crippen LogP contribution in [0.5, 0.6) is 0 Å². The Morgan fingerprint density at radius 2 is 1.56 bits per heavy atom. The summed E-state index contributed by atoms with van der Waals surface area (Å²) in [5.41, 5.74) is 0. The zero-order valence-electron chi connectivity index (χ0n) is 6.01. The zero-order valence-corrected chi connectivity index (χ0v) is 6.01. The molecule has 0 aromatic rings. The van der Waals surface area contributed by atoms with E-state index < -0.39 is 0 Å². The lowest BCUT2D eigenvalue weighted by molar-refractivity contribution is 0.599. The minimum Gasteiger partial charge on any atom is -0.0880 e. The van der Waals surface area contributed by atoms with E-state index in [1.807, 2.05) is 0 Å². The van der Waals surface area contributed by atoms with Gasteiger partial charge in [-0.3, -0.25) is 0 Å². The number of allylic oxidation sites excluding steroid dienone is 4. The monoisotopic (exact) mass is 122 g/mol. The number of hydrogen-bond donors (Lipinski definition) is 0. The lowest BCUT2D eigenvalue weighted by atomic mass is 10.0. The number of rotatable bonds is 0. The molecule has 0 spiro atoms. The van der Waals surface area contributed by atoms with Crippen molar-refractivity contribution in [2.24, 2.45) is 5.92 Å². The molecule has 1 rings (SSSR count). The Morgan fingerprint density at radius 1 is 1.00 bits per heavy atom. The first-order chi connectivity index (χ1) is 4.39. The molecular weight excluding hydrogens is 108 g/mol. The second-order valence-electron chi connectivity index (χ2n) is 2.76. The van der Waals surface area contributed by atoms with Crippen LogP contribution in [0.1, 0.15) is 26.2 Å². The van der Waals surface area contributed by atoms with Crippen LogP contribution in [0.2, 0.25) is 0 Å². The van der Waals surface area contributed by atoms with E-state index >= 15 is 0 Å². The van der Waals surface area contributed by atoms with Gasteiger partial charge >= 0.3 is 0 Å². The van der Waals surface area contributed by atoms with Gasteiger partial charge in [0.1, 0.15) is 0 Å². The quantitative estimate of drug-likeness (QED) is 0.433. The van der Waals surface area contributed by atoms with Crippen LogP contribution in [0.15, 0.2) is 24.3 Å². The Balaban J connectivity index is 2.40. The van der Waals surface area contributed by atoms with E-state index in [0.29, 0.717) is 0 Å². The fourth-order valence-corrected chi connectivity index (χ4v) is 1.02. The average Bonchev–Trinajstić information content (AvgIpc) is 1.79. The van der Waals surface area contributed by atoms with Crippen molar-refractivity contribution in [1.82, 2.24) is 0 Å². The molecule has 0 amide bonds. The van der Waals surface area contributed by atoms with Gasteiger partial charge in [0.05, 0.1) is 0 Å². The van der Waals surface area contributed by atoms with Crippen molar-refractivity contribution < 1.29 is 0 Å². The second kappa shape index (κ2) is 3.49. The first kappa shape index (κ1) is 6.60. The average molecular weight is 122 g/mol. The maximum Gasteiger partial charge on any atom is -0.0169 e. The molecule has 0 aromatic heterocycles. The molecule has 0 unspecified atom stereocenters. The first-order valence-electron chi connectivity index (χ1n) is 3.69. The van der Waals surface area contributed by atoms with Gasteiger partial charge in [-0.2, -0.15) is 0 Å². The van der Waals surface area contributed by atoms with Gasteiger partial charge in [0.15, 0.2) is 0 Å². The van der Waals surface area contributed by atoms with E-state index in [1.165, 1.54) is 12.8 Å². The van der Waals surface area contributed by atoms with Gasteiger partial charge in [0, 0.05) is 0 Å². The van der Waals surface area contributed by atoms with E-state index in [4.69, 9.17) is 0 Å². The maximum absolute atomic E-state index is 2.29. The molecule has 0 radical (unpaired) electrons. The van der Waals surface area contributed by atoms with Crippen molar-refractivity contribution >= 4 is 0 Å². The van der Waals surface area contributed by atoms with Crippen molar-refractivity contribution in [2.75, 3.05) is 0 Å². The molecule has 0 atom stereocenters. The van der Waals surface area contributed by atoms with Crippen LogP contribution in [0.3, 0.4) is 0 Å². The van der Waals surface area contributed by atoms with E-state index in [2.05, 4.69) is 31.2 Å². The summed E-state index contributed by atoms with van der Waals surface area (Å²) < 4.78 is 0. The molecule has 1 aliphatic rings. The van der Waals surface area contributed by atoms with Gasteiger partial charge in [-0.15, -0.1) is 0 Å². The van der Waals surface area contributed by atoms with Crippen molar-refractivity contribution in [2.45, 2.75) is 26.2 Å². The normalized spacial score (nSPS) is 28.6. The Morgan fingerprint density at radius 3 is 2.11 bits per heavy atom. The van der Waals surface area contributed by atoms with Gasteiger partial charge in [-0.25, -0.2) is 0 Å². The van der Waals surface area contributed by atoms with Crippen LogP contribution in [0.25, 0.3) is 0 Å². The molecule has 0 aliphatic heterocycles.